The first-order chi connectivity index (χ1) is 12.5. The number of carbonyl (C=O) groups excluding carboxylic acids is 2. The number of aromatic nitrogens is 1. The van der Waals surface area contributed by atoms with Crippen molar-refractivity contribution in [2.75, 3.05) is 7.05 Å². The number of hydrogen-bond donors (Lipinski definition) is 2. The van der Waals surface area contributed by atoms with E-state index >= 15 is 0 Å². The molecule has 2 aromatic carbocycles. The zero-order valence-electron chi connectivity index (χ0n) is 14.8. The van der Waals surface area contributed by atoms with Crippen LogP contribution in [0.5, 0.6) is 0 Å². The second kappa shape index (κ2) is 7.27. The van der Waals surface area contributed by atoms with Gasteiger partial charge in [-0.05, 0) is 29.7 Å². The minimum absolute atomic E-state index is 0.118. The van der Waals surface area contributed by atoms with Gasteiger partial charge in [-0.15, -0.1) is 0 Å². The van der Waals surface area contributed by atoms with Gasteiger partial charge in [-0.25, -0.2) is 0 Å². The molecule has 0 saturated carbocycles. The van der Waals surface area contributed by atoms with Crippen LogP contribution in [0, 0.1) is 0 Å². The molecule has 0 spiro atoms. The Morgan fingerprint density at radius 1 is 1.00 bits per heavy atom. The first-order valence-corrected chi connectivity index (χ1v) is 8.38. The molecule has 5 nitrogen and oxygen atoms in total. The molecule has 1 atom stereocenters. The van der Waals surface area contributed by atoms with Crippen molar-refractivity contribution in [3.63, 3.8) is 0 Å². The largest absolute Gasteiger partial charge is 0.366 e. The lowest BCUT2D eigenvalue weighted by atomic mass is 10.0. The number of H-pyrrole nitrogens is 1. The molecule has 1 aromatic heterocycles. The highest BCUT2D eigenvalue weighted by atomic mass is 16.2. The van der Waals surface area contributed by atoms with Crippen LogP contribution in [0.4, 0.5) is 0 Å². The van der Waals surface area contributed by atoms with Crippen molar-refractivity contribution in [2.24, 2.45) is 5.73 Å². The molecule has 0 fully saturated rings. The van der Waals surface area contributed by atoms with Gasteiger partial charge in [0.15, 0.2) is 0 Å². The Kier molecular flexibility index (Phi) is 4.89. The zero-order chi connectivity index (χ0) is 18.7. The molecule has 0 aliphatic rings. The van der Waals surface area contributed by atoms with Crippen LogP contribution >= 0.6 is 0 Å². The monoisotopic (exact) mass is 347 g/mol. The number of rotatable bonds is 5. The number of amides is 2. The van der Waals surface area contributed by atoms with Gasteiger partial charge in [0.05, 0.1) is 11.6 Å². The van der Waals surface area contributed by atoms with Crippen LogP contribution in [0.15, 0.2) is 66.9 Å². The van der Waals surface area contributed by atoms with Gasteiger partial charge in [0, 0.05) is 13.2 Å². The molecule has 0 aliphatic heterocycles. The molecule has 3 rings (SSSR count). The Morgan fingerprint density at radius 2 is 1.62 bits per heavy atom. The molecule has 26 heavy (non-hydrogen) atoms. The van der Waals surface area contributed by atoms with Gasteiger partial charge in [0.25, 0.3) is 5.91 Å². The highest BCUT2D eigenvalue weighted by molar-refractivity contribution is 5.98. The SMILES string of the molecule is CC(c1ccc(-c2ccccc2)cc1)N(C)C(=O)c1cc(C(N)=O)c[nH]1. The third-order valence-corrected chi connectivity index (χ3v) is 4.60. The first-order valence-electron chi connectivity index (χ1n) is 8.38. The lowest BCUT2D eigenvalue weighted by molar-refractivity contribution is 0.0737. The van der Waals surface area contributed by atoms with Gasteiger partial charge in [-0.1, -0.05) is 54.6 Å². The van der Waals surface area contributed by atoms with Crippen LogP contribution in [-0.2, 0) is 0 Å². The fraction of sp³-hybridized carbons (Fsp3) is 0.143. The molecular weight excluding hydrogens is 326 g/mol. The van der Waals surface area contributed by atoms with Gasteiger partial charge >= 0.3 is 0 Å². The maximum Gasteiger partial charge on any atom is 0.270 e. The van der Waals surface area contributed by atoms with Crippen molar-refractivity contribution in [1.29, 1.82) is 0 Å². The number of aromatic amines is 1. The summed E-state index contributed by atoms with van der Waals surface area (Å²) in [6.45, 7) is 1.97. The summed E-state index contributed by atoms with van der Waals surface area (Å²) in [5.74, 6) is -0.760. The fourth-order valence-electron chi connectivity index (χ4n) is 2.83. The lowest BCUT2D eigenvalue weighted by Crippen LogP contribution is -2.29. The molecule has 3 aromatic rings. The number of nitrogens with one attached hydrogen (secondary N) is 1. The van der Waals surface area contributed by atoms with Crippen molar-refractivity contribution in [3.05, 3.63) is 83.7 Å². The smallest absolute Gasteiger partial charge is 0.270 e. The summed E-state index contributed by atoms with van der Waals surface area (Å²) < 4.78 is 0. The second-order valence-electron chi connectivity index (χ2n) is 6.25. The number of hydrogen-bond acceptors (Lipinski definition) is 2. The minimum atomic E-state index is -0.562. The summed E-state index contributed by atoms with van der Waals surface area (Å²) in [5.41, 5.74) is 9.18. The van der Waals surface area contributed by atoms with Crippen LogP contribution in [0.25, 0.3) is 11.1 Å². The van der Waals surface area contributed by atoms with Crippen LogP contribution in [0.2, 0.25) is 0 Å². The third kappa shape index (κ3) is 3.52. The maximum absolute atomic E-state index is 12.6. The van der Waals surface area contributed by atoms with Gasteiger partial charge in [0.1, 0.15) is 5.69 Å². The van der Waals surface area contributed by atoms with E-state index in [4.69, 9.17) is 5.73 Å². The third-order valence-electron chi connectivity index (χ3n) is 4.60. The van der Waals surface area contributed by atoms with Crippen molar-refractivity contribution < 1.29 is 9.59 Å². The summed E-state index contributed by atoms with van der Waals surface area (Å²) in [5, 5.41) is 0. The molecule has 0 radical (unpaired) electrons. The number of nitrogens with two attached hydrogens (primary N) is 1. The minimum Gasteiger partial charge on any atom is -0.366 e. The van der Waals surface area contributed by atoms with Gasteiger partial charge in [-0.3, -0.25) is 9.59 Å². The van der Waals surface area contributed by atoms with Crippen molar-refractivity contribution in [2.45, 2.75) is 13.0 Å². The van der Waals surface area contributed by atoms with Crippen molar-refractivity contribution in [1.82, 2.24) is 9.88 Å². The Hall–Kier alpha value is -3.34. The van der Waals surface area contributed by atoms with E-state index in [-0.39, 0.29) is 11.9 Å². The zero-order valence-corrected chi connectivity index (χ0v) is 14.8. The molecule has 5 heteroatoms. The van der Waals surface area contributed by atoms with E-state index in [1.165, 1.54) is 12.3 Å². The standard InChI is InChI=1S/C21H21N3O2/c1-14(24(2)21(26)19-12-18(13-23-19)20(22)25)15-8-10-17(11-9-15)16-6-4-3-5-7-16/h3-14,23H,1-2H3,(H2,22,25). The van der Waals surface area contributed by atoms with Gasteiger partial charge in [-0.2, -0.15) is 0 Å². The van der Waals surface area contributed by atoms with Crippen molar-refractivity contribution in [3.8, 4) is 11.1 Å². The molecule has 3 N–H and O–H groups in total. The van der Waals surface area contributed by atoms with E-state index in [1.54, 1.807) is 11.9 Å². The first kappa shape index (κ1) is 17.5. The predicted molar refractivity (Wildman–Crippen MR) is 102 cm³/mol. The summed E-state index contributed by atoms with van der Waals surface area (Å²) in [4.78, 5) is 28.3. The predicted octanol–water partition coefficient (Wildman–Crippen LogP) is 3.61. The summed E-state index contributed by atoms with van der Waals surface area (Å²) >= 11 is 0. The summed E-state index contributed by atoms with van der Waals surface area (Å²) in [7, 11) is 1.74. The van der Waals surface area contributed by atoms with Crippen LogP contribution in [-0.4, -0.2) is 28.7 Å². The van der Waals surface area contributed by atoms with Gasteiger partial charge < -0.3 is 15.6 Å². The Bertz CT molecular complexity index is 914. The normalized spacial score (nSPS) is 11.8. The molecule has 0 aliphatic carbocycles. The van der Waals surface area contributed by atoms with E-state index in [9.17, 15) is 9.59 Å². The molecule has 2 amide bonds. The highest BCUT2D eigenvalue weighted by Crippen LogP contribution is 2.25. The number of carbonyl (C=O) groups is 2. The lowest BCUT2D eigenvalue weighted by Gasteiger charge is -2.25. The van der Waals surface area contributed by atoms with E-state index in [2.05, 4.69) is 29.2 Å². The van der Waals surface area contributed by atoms with Gasteiger partial charge in [0.2, 0.25) is 5.91 Å². The Morgan fingerprint density at radius 3 is 2.19 bits per heavy atom. The topological polar surface area (TPSA) is 79.2 Å². The second-order valence-corrected chi connectivity index (χ2v) is 6.25. The van der Waals surface area contributed by atoms with Crippen LogP contribution < -0.4 is 5.73 Å². The number of benzene rings is 2. The molecule has 1 heterocycles. The summed E-state index contributed by atoms with van der Waals surface area (Å²) in [6, 6.07) is 19.7. The molecule has 0 saturated heterocycles. The van der Waals surface area contributed by atoms with Crippen LogP contribution in [0.3, 0.4) is 0 Å². The molecule has 0 bridgehead atoms. The van der Waals surface area contributed by atoms with Crippen LogP contribution in [0.1, 0.15) is 39.4 Å². The van der Waals surface area contributed by atoms with E-state index in [0.29, 0.717) is 11.3 Å². The van der Waals surface area contributed by atoms with E-state index in [0.717, 1.165) is 16.7 Å². The molecule has 132 valence electrons. The van der Waals surface area contributed by atoms with Crippen molar-refractivity contribution >= 4 is 11.8 Å². The average molecular weight is 347 g/mol. The van der Waals surface area contributed by atoms with E-state index < -0.39 is 5.91 Å². The summed E-state index contributed by atoms with van der Waals surface area (Å²) in [6.07, 6.45) is 1.45. The molecule has 1 unspecified atom stereocenters. The molecular formula is C21H21N3O2. The number of nitrogens with zero attached hydrogens (tertiary/aromatic N) is 1. The Balaban J connectivity index is 1.76. The maximum atomic E-state index is 12.6. The van der Waals surface area contributed by atoms with E-state index in [1.807, 2.05) is 37.3 Å². The Labute approximate surface area is 152 Å². The average Bonchev–Trinajstić information content (AvgIpc) is 3.17. The quantitative estimate of drug-likeness (QED) is 0.739. The fourth-order valence-corrected chi connectivity index (χ4v) is 2.83. The highest BCUT2D eigenvalue weighted by Gasteiger charge is 2.21. The number of primary amides is 1.